The Morgan fingerprint density at radius 2 is 1.93 bits per heavy atom. The van der Waals surface area contributed by atoms with E-state index in [9.17, 15) is 0 Å². The van der Waals surface area contributed by atoms with Gasteiger partial charge in [0.05, 0.1) is 7.11 Å². The number of hydrogen-bond acceptors (Lipinski definition) is 3. The molecule has 0 aromatic heterocycles. The van der Waals surface area contributed by atoms with Gasteiger partial charge in [0.1, 0.15) is 5.75 Å². The first-order valence-corrected chi connectivity index (χ1v) is 4.72. The first-order chi connectivity index (χ1) is 6.56. The number of hydrogen-bond donors (Lipinski definition) is 2. The quantitative estimate of drug-likeness (QED) is 0.763. The largest absolute Gasteiger partial charge is 0.496 e. The number of methoxy groups -OCH3 is 1. The SMILES string of the molecule is COc1cc([C@H](N)[C@H](C)N)ccc1C. The fraction of sp³-hybridized carbons (Fsp3) is 0.455. The summed E-state index contributed by atoms with van der Waals surface area (Å²) in [7, 11) is 1.66. The Morgan fingerprint density at radius 3 is 2.43 bits per heavy atom. The van der Waals surface area contributed by atoms with E-state index in [2.05, 4.69) is 0 Å². The van der Waals surface area contributed by atoms with Crippen molar-refractivity contribution in [2.45, 2.75) is 25.9 Å². The van der Waals surface area contributed by atoms with Crippen molar-refractivity contribution >= 4 is 0 Å². The second-order valence-corrected chi connectivity index (χ2v) is 3.61. The summed E-state index contributed by atoms with van der Waals surface area (Å²) in [6.45, 7) is 3.90. The second-order valence-electron chi connectivity index (χ2n) is 3.61. The minimum absolute atomic E-state index is 0.0533. The minimum Gasteiger partial charge on any atom is -0.496 e. The average Bonchev–Trinajstić information content (AvgIpc) is 2.17. The van der Waals surface area contributed by atoms with E-state index in [0.29, 0.717) is 0 Å². The molecule has 78 valence electrons. The third kappa shape index (κ3) is 2.25. The molecule has 1 aromatic rings. The van der Waals surface area contributed by atoms with Gasteiger partial charge in [0.25, 0.3) is 0 Å². The molecule has 0 amide bonds. The summed E-state index contributed by atoms with van der Waals surface area (Å²) in [4.78, 5) is 0. The van der Waals surface area contributed by atoms with Crippen LogP contribution in [0.15, 0.2) is 18.2 Å². The summed E-state index contributed by atoms with van der Waals surface area (Å²) < 4.78 is 5.22. The maximum absolute atomic E-state index is 5.93. The summed E-state index contributed by atoms with van der Waals surface area (Å²) in [6, 6.07) is 5.75. The highest BCUT2D eigenvalue weighted by Gasteiger charge is 2.11. The Morgan fingerprint density at radius 1 is 1.29 bits per heavy atom. The van der Waals surface area contributed by atoms with Gasteiger partial charge in [-0.25, -0.2) is 0 Å². The molecule has 3 heteroatoms. The van der Waals surface area contributed by atoms with E-state index >= 15 is 0 Å². The van der Waals surface area contributed by atoms with Crippen molar-refractivity contribution in [1.29, 1.82) is 0 Å². The lowest BCUT2D eigenvalue weighted by atomic mass is 10.0. The molecule has 0 heterocycles. The second kappa shape index (κ2) is 4.44. The van der Waals surface area contributed by atoms with E-state index in [1.54, 1.807) is 7.11 Å². The molecule has 0 radical (unpaired) electrons. The van der Waals surface area contributed by atoms with Gasteiger partial charge < -0.3 is 16.2 Å². The van der Waals surface area contributed by atoms with Crippen molar-refractivity contribution in [3.05, 3.63) is 29.3 Å². The smallest absolute Gasteiger partial charge is 0.122 e. The summed E-state index contributed by atoms with van der Waals surface area (Å²) >= 11 is 0. The highest BCUT2D eigenvalue weighted by molar-refractivity contribution is 5.38. The van der Waals surface area contributed by atoms with Gasteiger partial charge in [-0.05, 0) is 31.0 Å². The van der Waals surface area contributed by atoms with Crippen LogP contribution in [-0.2, 0) is 0 Å². The minimum atomic E-state index is -0.135. The van der Waals surface area contributed by atoms with E-state index in [1.807, 2.05) is 32.0 Å². The zero-order chi connectivity index (χ0) is 10.7. The number of benzene rings is 1. The molecule has 0 aliphatic heterocycles. The average molecular weight is 194 g/mol. The number of aryl methyl sites for hydroxylation is 1. The first kappa shape index (κ1) is 11.0. The Bertz CT molecular complexity index is 310. The van der Waals surface area contributed by atoms with Gasteiger partial charge in [-0.15, -0.1) is 0 Å². The molecule has 4 N–H and O–H groups in total. The van der Waals surface area contributed by atoms with Crippen LogP contribution in [0.3, 0.4) is 0 Å². The highest BCUT2D eigenvalue weighted by Crippen LogP contribution is 2.23. The van der Waals surface area contributed by atoms with Crippen LogP contribution in [0.25, 0.3) is 0 Å². The van der Waals surface area contributed by atoms with Gasteiger partial charge in [-0.2, -0.15) is 0 Å². The maximum Gasteiger partial charge on any atom is 0.122 e. The van der Waals surface area contributed by atoms with Crippen LogP contribution in [0.1, 0.15) is 24.1 Å². The van der Waals surface area contributed by atoms with Crippen molar-refractivity contribution in [2.75, 3.05) is 7.11 Å². The van der Waals surface area contributed by atoms with Gasteiger partial charge in [0.15, 0.2) is 0 Å². The fourth-order valence-corrected chi connectivity index (χ4v) is 1.35. The normalized spacial score (nSPS) is 14.9. The van der Waals surface area contributed by atoms with E-state index < -0.39 is 0 Å². The van der Waals surface area contributed by atoms with Crippen LogP contribution in [0.5, 0.6) is 5.75 Å². The zero-order valence-electron chi connectivity index (χ0n) is 8.95. The van der Waals surface area contributed by atoms with Gasteiger partial charge in [-0.3, -0.25) is 0 Å². The molecule has 0 saturated heterocycles. The molecule has 0 unspecified atom stereocenters. The fourth-order valence-electron chi connectivity index (χ4n) is 1.35. The molecule has 0 spiro atoms. The molecule has 1 rings (SSSR count). The Kier molecular flexibility index (Phi) is 3.49. The van der Waals surface area contributed by atoms with E-state index in [4.69, 9.17) is 16.2 Å². The van der Waals surface area contributed by atoms with Crippen molar-refractivity contribution in [3.8, 4) is 5.75 Å². The predicted octanol–water partition coefficient (Wildman–Crippen LogP) is 1.35. The molecule has 0 aliphatic carbocycles. The molecule has 2 atom stereocenters. The number of ether oxygens (including phenoxy) is 1. The molecule has 14 heavy (non-hydrogen) atoms. The zero-order valence-corrected chi connectivity index (χ0v) is 8.95. The van der Waals surface area contributed by atoms with Crippen LogP contribution in [0.2, 0.25) is 0 Å². The summed E-state index contributed by atoms with van der Waals surface area (Å²) in [5.41, 5.74) is 13.8. The molecule has 0 bridgehead atoms. The lowest BCUT2D eigenvalue weighted by Gasteiger charge is -2.17. The topological polar surface area (TPSA) is 61.3 Å². The van der Waals surface area contributed by atoms with Gasteiger partial charge in [0.2, 0.25) is 0 Å². The van der Waals surface area contributed by atoms with Crippen molar-refractivity contribution in [2.24, 2.45) is 11.5 Å². The van der Waals surface area contributed by atoms with Crippen LogP contribution in [0, 0.1) is 6.92 Å². The van der Waals surface area contributed by atoms with Crippen molar-refractivity contribution in [3.63, 3.8) is 0 Å². The van der Waals surface area contributed by atoms with Crippen LogP contribution in [-0.4, -0.2) is 13.2 Å². The Balaban J connectivity index is 3.00. The number of rotatable bonds is 3. The molecule has 3 nitrogen and oxygen atoms in total. The number of nitrogens with two attached hydrogens (primary N) is 2. The van der Waals surface area contributed by atoms with Crippen molar-refractivity contribution < 1.29 is 4.74 Å². The molecule has 0 fully saturated rings. The van der Waals surface area contributed by atoms with Crippen LogP contribution < -0.4 is 16.2 Å². The lowest BCUT2D eigenvalue weighted by molar-refractivity contribution is 0.410. The monoisotopic (exact) mass is 194 g/mol. The Labute approximate surface area is 85.0 Å². The van der Waals surface area contributed by atoms with E-state index in [1.165, 1.54) is 0 Å². The first-order valence-electron chi connectivity index (χ1n) is 4.72. The molecule has 0 saturated carbocycles. The standard InChI is InChI=1S/C11H18N2O/c1-7-4-5-9(6-10(7)14-3)11(13)8(2)12/h4-6,8,11H,12-13H2,1-3H3/t8-,11+/m0/s1. The van der Waals surface area contributed by atoms with Gasteiger partial charge in [-0.1, -0.05) is 12.1 Å². The maximum atomic E-state index is 5.93. The van der Waals surface area contributed by atoms with Crippen LogP contribution >= 0.6 is 0 Å². The van der Waals surface area contributed by atoms with Gasteiger partial charge >= 0.3 is 0 Å². The van der Waals surface area contributed by atoms with Gasteiger partial charge in [0, 0.05) is 12.1 Å². The van der Waals surface area contributed by atoms with Crippen LogP contribution in [0.4, 0.5) is 0 Å². The van der Waals surface area contributed by atoms with Crippen molar-refractivity contribution in [1.82, 2.24) is 0 Å². The molecule has 0 aliphatic rings. The summed E-state index contributed by atoms with van der Waals surface area (Å²) in [5.74, 6) is 0.860. The molecule has 1 aromatic carbocycles. The van der Waals surface area contributed by atoms with E-state index in [0.717, 1.165) is 16.9 Å². The predicted molar refractivity (Wildman–Crippen MR) is 58.3 cm³/mol. The Hall–Kier alpha value is -1.06. The highest BCUT2D eigenvalue weighted by atomic mass is 16.5. The molecular weight excluding hydrogens is 176 g/mol. The summed E-state index contributed by atoms with van der Waals surface area (Å²) in [6.07, 6.45) is 0. The summed E-state index contributed by atoms with van der Waals surface area (Å²) in [5, 5.41) is 0. The van der Waals surface area contributed by atoms with E-state index in [-0.39, 0.29) is 12.1 Å². The third-order valence-electron chi connectivity index (χ3n) is 2.38. The third-order valence-corrected chi connectivity index (χ3v) is 2.38. The lowest BCUT2D eigenvalue weighted by Crippen LogP contribution is -2.31. The molecular formula is C11H18N2O.